The summed E-state index contributed by atoms with van der Waals surface area (Å²) in [7, 11) is 0. The van der Waals surface area contributed by atoms with Gasteiger partial charge in [-0.05, 0) is 63.5 Å². The lowest BCUT2D eigenvalue weighted by atomic mass is 9.89. The maximum Gasteiger partial charge on any atom is 0.226 e. The largest absolute Gasteiger partial charge is 0.381 e. The highest BCUT2D eigenvalue weighted by molar-refractivity contribution is 5.83. The van der Waals surface area contributed by atoms with Crippen molar-refractivity contribution in [3.63, 3.8) is 0 Å². The molecule has 5 fully saturated rings. The van der Waals surface area contributed by atoms with Crippen LogP contribution in [0.4, 0.5) is 0 Å². The Balaban J connectivity index is 1.09. The molecule has 1 amide bonds. The fourth-order valence-corrected chi connectivity index (χ4v) is 6.43. The van der Waals surface area contributed by atoms with Crippen LogP contribution in [-0.2, 0) is 9.53 Å². The Morgan fingerprint density at radius 3 is 2.04 bits per heavy atom. The zero-order valence-corrected chi connectivity index (χ0v) is 16.9. The van der Waals surface area contributed by atoms with Crippen LogP contribution in [0.3, 0.4) is 0 Å². The van der Waals surface area contributed by atoms with Crippen LogP contribution in [0.15, 0.2) is 0 Å². The lowest BCUT2D eigenvalue weighted by Gasteiger charge is -2.40. The highest BCUT2D eigenvalue weighted by atomic mass is 16.5. The van der Waals surface area contributed by atoms with Crippen molar-refractivity contribution < 1.29 is 9.53 Å². The molecule has 5 rings (SSSR count). The monoisotopic (exact) mass is 375 g/mol. The summed E-state index contributed by atoms with van der Waals surface area (Å²) in [5.41, 5.74) is 0.362. The first-order valence-electron chi connectivity index (χ1n) is 11.6. The summed E-state index contributed by atoms with van der Waals surface area (Å²) in [4.78, 5) is 20.7. The minimum Gasteiger partial charge on any atom is -0.381 e. The molecule has 152 valence electrons. The Hall–Kier alpha value is -0.650. The molecule has 0 radical (unpaired) electrons. The van der Waals surface area contributed by atoms with Gasteiger partial charge in [0, 0.05) is 57.4 Å². The second-order valence-electron chi connectivity index (χ2n) is 9.80. The van der Waals surface area contributed by atoms with E-state index in [1.165, 1.54) is 64.5 Å². The third-order valence-electron chi connectivity index (χ3n) is 8.46. The molecule has 0 N–H and O–H groups in total. The molecule has 3 saturated heterocycles. The minimum absolute atomic E-state index is 0.340. The number of rotatable bonds is 3. The standard InChI is InChI=1S/C22H37N3O2/c26-21(25-13-11-24(12-14-25)18-3-1-2-4-18)20-17-22(20)7-9-23(10-8-22)19-5-15-27-16-6-19/h18-20H,1-17H2. The third kappa shape index (κ3) is 3.67. The van der Waals surface area contributed by atoms with Crippen molar-refractivity contribution >= 4 is 5.91 Å². The number of likely N-dealkylation sites (tertiary alicyclic amines) is 1. The predicted molar refractivity (Wildman–Crippen MR) is 106 cm³/mol. The Labute approximate surface area is 164 Å². The molecule has 27 heavy (non-hydrogen) atoms. The Bertz CT molecular complexity index is 526. The number of piperazine rings is 1. The number of hydrogen-bond acceptors (Lipinski definition) is 4. The fourth-order valence-electron chi connectivity index (χ4n) is 6.43. The van der Waals surface area contributed by atoms with Gasteiger partial charge in [-0.1, -0.05) is 12.8 Å². The van der Waals surface area contributed by atoms with E-state index in [-0.39, 0.29) is 0 Å². The van der Waals surface area contributed by atoms with Gasteiger partial charge in [0.05, 0.1) is 0 Å². The number of piperidine rings is 1. The van der Waals surface area contributed by atoms with Gasteiger partial charge in [0.25, 0.3) is 0 Å². The van der Waals surface area contributed by atoms with Gasteiger partial charge in [-0.15, -0.1) is 0 Å². The van der Waals surface area contributed by atoms with E-state index in [1.54, 1.807) is 0 Å². The molecule has 2 saturated carbocycles. The van der Waals surface area contributed by atoms with E-state index < -0.39 is 0 Å². The van der Waals surface area contributed by atoms with Gasteiger partial charge in [0.15, 0.2) is 0 Å². The number of carbonyl (C=O) groups is 1. The second-order valence-corrected chi connectivity index (χ2v) is 9.80. The topological polar surface area (TPSA) is 36.0 Å². The van der Waals surface area contributed by atoms with Crippen LogP contribution in [0.2, 0.25) is 0 Å². The van der Waals surface area contributed by atoms with Crippen molar-refractivity contribution in [1.82, 2.24) is 14.7 Å². The Morgan fingerprint density at radius 2 is 1.37 bits per heavy atom. The highest BCUT2D eigenvalue weighted by Gasteiger charge is 2.59. The van der Waals surface area contributed by atoms with Crippen molar-refractivity contribution in [2.24, 2.45) is 11.3 Å². The first kappa shape index (κ1) is 18.4. The summed E-state index contributed by atoms with van der Waals surface area (Å²) in [6.45, 7) is 8.40. The third-order valence-corrected chi connectivity index (χ3v) is 8.46. The molecule has 0 bridgehead atoms. The highest BCUT2D eigenvalue weighted by Crippen LogP contribution is 2.60. The van der Waals surface area contributed by atoms with E-state index in [0.717, 1.165) is 57.9 Å². The zero-order valence-electron chi connectivity index (χ0n) is 16.9. The van der Waals surface area contributed by atoms with Crippen molar-refractivity contribution in [2.75, 3.05) is 52.5 Å². The Kier molecular flexibility index (Phi) is 5.20. The van der Waals surface area contributed by atoms with Crippen molar-refractivity contribution in [3.05, 3.63) is 0 Å². The van der Waals surface area contributed by atoms with E-state index in [2.05, 4.69) is 14.7 Å². The molecule has 1 spiro atoms. The van der Waals surface area contributed by atoms with Crippen LogP contribution in [0.5, 0.6) is 0 Å². The molecule has 5 heteroatoms. The van der Waals surface area contributed by atoms with Crippen LogP contribution in [0.25, 0.3) is 0 Å². The number of amides is 1. The summed E-state index contributed by atoms with van der Waals surface area (Å²) < 4.78 is 5.52. The molecule has 0 aromatic rings. The van der Waals surface area contributed by atoms with E-state index >= 15 is 0 Å². The van der Waals surface area contributed by atoms with Gasteiger partial charge < -0.3 is 14.5 Å². The molecule has 2 aliphatic carbocycles. The predicted octanol–water partition coefficient (Wildman–Crippen LogP) is 2.35. The number of ether oxygens (including phenoxy) is 1. The second kappa shape index (κ2) is 7.64. The van der Waals surface area contributed by atoms with Crippen LogP contribution in [-0.4, -0.2) is 85.2 Å². The SMILES string of the molecule is O=C(C1CC12CCN(C1CCOCC1)CC2)N1CCN(C2CCCC2)CC1. The van der Waals surface area contributed by atoms with Crippen molar-refractivity contribution in [3.8, 4) is 0 Å². The summed E-state index contributed by atoms with van der Waals surface area (Å²) in [6, 6.07) is 1.54. The quantitative estimate of drug-likeness (QED) is 0.759. The molecule has 5 aliphatic rings. The molecule has 0 aromatic carbocycles. The summed E-state index contributed by atoms with van der Waals surface area (Å²) in [6.07, 6.45) is 11.6. The van der Waals surface area contributed by atoms with Gasteiger partial charge in [-0.3, -0.25) is 9.69 Å². The first-order valence-corrected chi connectivity index (χ1v) is 11.6. The summed E-state index contributed by atoms with van der Waals surface area (Å²) in [5, 5.41) is 0. The van der Waals surface area contributed by atoms with E-state index in [1.807, 2.05) is 0 Å². The average Bonchev–Trinajstić information content (AvgIpc) is 3.16. The molecule has 3 heterocycles. The lowest BCUT2D eigenvalue weighted by molar-refractivity contribution is -0.135. The average molecular weight is 376 g/mol. The van der Waals surface area contributed by atoms with Gasteiger partial charge in [0.1, 0.15) is 0 Å². The maximum absolute atomic E-state index is 13.1. The van der Waals surface area contributed by atoms with Gasteiger partial charge in [0.2, 0.25) is 5.91 Å². The lowest BCUT2D eigenvalue weighted by Crippen LogP contribution is -2.52. The molecule has 0 aromatic heterocycles. The number of carbonyl (C=O) groups excluding carboxylic acids is 1. The van der Waals surface area contributed by atoms with Crippen molar-refractivity contribution in [2.45, 2.75) is 69.9 Å². The van der Waals surface area contributed by atoms with Crippen LogP contribution >= 0.6 is 0 Å². The Morgan fingerprint density at radius 1 is 0.778 bits per heavy atom. The molecular formula is C22H37N3O2. The van der Waals surface area contributed by atoms with Gasteiger partial charge in [-0.25, -0.2) is 0 Å². The van der Waals surface area contributed by atoms with Gasteiger partial charge >= 0.3 is 0 Å². The molecule has 5 nitrogen and oxygen atoms in total. The fraction of sp³-hybridized carbons (Fsp3) is 0.955. The van der Waals surface area contributed by atoms with Crippen LogP contribution < -0.4 is 0 Å². The number of hydrogen-bond donors (Lipinski definition) is 0. The normalized spacial score (nSPS) is 33.6. The van der Waals surface area contributed by atoms with E-state index in [0.29, 0.717) is 17.2 Å². The first-order chi connectivity index (χ1) is 13.3. The zero-order chi connectivity index (χ0) is 18.3. The van der Waals surface area contributed by atoms with Gasteiger partial charge in [-0.2, -0.15) is 0 Å². The summed E-state index contributed by atoms with van der Waals surface area (Å²) in [5.74, 6) is 0.827. The smallest absolute Gasteiger partial charge is 0.226 e. The minimum atomic E-state index is 0.340. The maximum atomic E-state index is 13.1. The molecule has 3 aliphatic heterocycles. The molecule has 1 atom stereocenters. The van der Waals surface area contributed by atoms with Crippen molar-refractivity contribution in [1.29, 1.82) is 0 Å². The van der Waals surface area contributed by atoms with Crippen LogP contribution in [0.1, 0.15) is 57.8 Å². The summed E-state index contributed by atoms with van der Waals surface area (Å²) >= 11 is 0. The van der Waals surface area contributed by atoms with Crippen LogP contribution in [0, 0.1) is 11.3 Å². The molecular weight excluding hydrogens is 338 g/mol. The number of nitrogens with zero attached hydrogens (tertiary/aromatic N) is 3. The van der Waals surface area contributed by atoms with E-state index in [9.17, 15) is 4.79 Å². The molecule has 1 unspecified atom stereocenters. The van der Waals surface area contributed by atoms with E-state index in [4.69, 9.17) is 4.74 Å².